The first-order chi connectivity index (χ1) is 9.21. The maximum Gasteiger partial charge on any atom is 0.322 e. The summed E-state index contributed by atoms with van der Waals surface area (Å²) in [6.07, 6.45) is 0. The number of nitrogens with zero attached hydrogens (tertiary/aromatic N) is 3. The molecular formula is C12H13ClN4OS. The summed E-state index contributed by atoms with van der Waals surface area (Å²) in [5.74, 6) is 0.481. The molecule has 0 amide bonds. The van der Waals surface area contributed by atoms with Gasteiger partial charge >= 0.3 is 6.01 Å². The van der Waals surface area contributed by atoms with Gasteiger partial charge in [0, 0.05) is 17.0 Å². The molecule has 0 bridgehead atoms. The van der Waals surface area contributed by atoms with E-state index in [4.69, 9.17) is 16.3 Å². The predicted octanol–water partition coefficient (Wildman–Crippen LogP) is 3.12. The molecule has 19 heavy (non-hydrogen) atoms. The fraction of sp³-hybridized carbons (Fsp3) is 0.250. The third-order valence-electron chi connectivity index (χ3n) is 2.11. The van der Waals surface area contributed by atoms with Crippen LogP contribution < -0.4 is 10.1 Å². The molecule has 0 saturated carbocycles. The van der Waals surface area contributed by atoms with E-state index in [0.717, 1.165) is 4.90 Å². The lowest BCUT2D eigenvalue weighted by Gasteiger charge is -2.06. The summed E-state index contributed by atoms with van der Waals surface area (Å²) in [4.78, 5) is 13.6. The number of benzene rings is 1. The second-order valence-electron chi connectivity index (χ2n) is 3.46. The Morgan fingerprint density at radius 2 is 1.95 bits per heavy atom. The highest BCUT2D eigenvalue weighted by Crippen LogP contribution is 2.27. The lowest BCUT2D eigenvalue weighted by molar-refractivity contribution is 0.308. The van der Waals surface area contributed by atoms with Crippen LogP contribution in [0.25, 0.3) is 0 Å². The van der Waals surface area contributed by atoms with E-state index in [1.165, 1.54) is 11.8 Å². The van der Waals surface area contributed by atoms with Gasteiger partial charge in [0.1, 0.15) is 0 Å². The van der Waals surface area contributed by atoms with E-state index in [1.54, 1.807) is 7.05 Å². The monoisotopic (exact) mass is 296 g/mol. The van der Waals surface area contributed by atoms with Gasteiger partial charge in [0.15, 0.2) is 0 Å². The molecule has 0 radical (unpaired) electrons. The quantitative estimate of drug-likeness (QED) is 0.915. The molecule has 0 spiro atoms. The molecule has 0 fully saturated rings. The first kappa shape index (κ1) is 13.9. The third kappa shape index (κ3) is 3.97. The van der Waals surface area contributed by atoms with Gasteiger partial charge in [-0.15, -0.1) is 0 Å². The molecule has 0 saturated heterocycles. The van der Waals surface area contributed by atoms with E-state index < -0.39 is 0 Å². The van der Waals surface area contributed by atoms with E-state index in [0.29, 0.717) is 28.7 Å². The molecule has 2 aromatic rings. The Morgan fingerprint density at radius 1 is 1.21 bits per heavy atom. The maximum atomic E-state index is 5.85. The average Bonchev–Trinajstić information content (AvgIpc) is 2.41. The number of ether oxygens (including phenoxy) is 1. The molecule has 7 heteroatoms. The highest BCUT2D eigenvalue weighted by molar-refractivity contribution is 7.99. The number of aromatic nitrogens is 3. The molecule has 0 unspecified atom stereocenters. The van der Waals surface area contributed by atoms with Crippen molar-refractivity contribution in [1.82, 2.24) is 15.0 Å². The van der Waals surface area contributed by atoms with Gasteiger partial charge in [0.2, 0.25) is 11.1 Å². The van der Waals surface area contributed by atoms with Gasteiger partial charge in [-0.3, -0.25) is 0 Å². The Labute approximate surface area is 120 Å². The second-order valence-corrected chi connectivity index (χ2v) is 4.94. The zero-order valence-corrected chi connectivity index (χ0v) is 12.1. The second kappa shape index (κ2) is 6.58. The van der Waals surface area contributed by atoms with Crippen LogP contribution in [-0.4, -0.2) is 28.6 Å². The minimum Gasteiger partial charge on any atom is -0.464 e. The molecule has 1 aromatic carbocycles. The number of halogens is 1. The van der Waals surface area contributed by atoms with Crippen molar-refractivity contribution in [3.63, 3.8) is 0 Å². The van der Waals surface area contributed by atoms with Crippen molar-refractivity contribution in [3.05, 3.63) is 29.3 Å². The Hall–Kier alpha value is -1.53. The first-order valence-corrected chi connectivity index (χ1v) is 6.90. The lowest BCUT2D eigenvalue weighted by atomic mass is 10.4. The van der Waals surface area contributed by atoms with Crippen molar-refractivity contribution in [2.75, 3.05) is 19.0 Å². The molecule has 0 atom stereocenters. The molecule has 1 aromatic heterocycles. The summed E-state index contributed by atoms with van der Waals surface area (Å²) in [6.45, 7) is 2.40. The van der Waals surface area contributed by atoms with Crippen molar-refractivity contribution in [3.8, 4) is 6.01 Å². The normalized spacial score (nSPS) is 10.3. The van der Waals surface area contributed by atoms with Gasteiger partial charge in [0.25, 0.3) is 0 Å². The van der Waals surface area contributed by atoms with E-state index in [9.17, 15) is 0 Å². The minimum absolute atomic E-state index is 0.318. The van der Waals surface area contributed by atoms with Crippen molar-refractivity contribution in [2.24, 2.45) is 0 Å². The van der Waals surface area contributed by atoms with Gasteiger partial charge in [0.05, 0.1) is 6.61 Å². The molecule has 0 aliphatic heterocycles. The van der Waals surface area contributed by atoms with Crippen molar-refractivity contribution in [1.29, 1.82) is 0 Å². The van der Waals surface area contributed by atoms with Crippen LogP contribution in [0.15, 0.2) is 34.3 Å². The highest BCUT2D eigenvalue weighted by atomic mass is 35.5. The Morgan fingerprint density at radius 3 is 2.58 bits per heavy atom. The zero-order chi connectivity index (χ0) is 13.7. The van der Waals surface area contributed by atoms with Gasteiger partial charge in [-0.05, 0) is 43.0 Å². The van der Waals surface area contributed by atoms with Crippen LogP contribution in [0.1, 0.15) is 6.92 Å². The van der Waals surface area contributed by atoms with Gasteiger partial charge in [-0.1, -0.05) is 11.6 Å². The fourth-order valence-corrected chi connectivity index (χ4v) is 2.16. The van der Waals surface area contributed by atoms with Crippen LogP contribution in [0.4, 0.5) is 5.95 Å². The molecule has 5 nitrogen and oxygen atoms in total. The van der Waals surface area contributed by atoms with Crippen molar-refractivity contribution in [2.45, 2.75) is 17.0 Å². The van der Waals surface area contributed by atoms with Crippen molar-refractivity contribution < 1.29 is 4.74 Å². The number of nitrogens with one attached hydrogen (secondary N) is 1. The number of rotatable bonds is 5. The molecule has 1 heterocycles. The van der Waals surface area contributed by atoms with Gasteiger partial charge in [-0.2, -0.15) is 15.0 Å². The summed E-state index contributed by atoms with van der Waals surface area (Å²) in [7, 11) is 1.75. The summed E-state index contributed by atoms with van der Waals surface area (Å²) < 4.78 is 5.31. The molecule has 100 valence electrons. The topological polar surface area (TPSA) is 59.9 Å². The molecular weight excluding hydrogens is 284 g/mol. The Kier molecular flexibility index (Phi) is 4.81. The summed E-state index contributed by atoms with van der Waals surface area (Å²) >= 11 is 7.27. The average molecular weight is 297 g/mol. The van der Waals surface area contributed by atoms with E-state index in [-0.39, 0.29) is 0 Å². The maximum absolute atomic E-state index is 5.85. The van der Waals surface area contributed by atoms with Crippen LogP contribution in [-0.2, 0) is 0 Å². The van der Waals surface area contributed by atoms with Crippen LogP contribution >= 0.6 is 23.4 Å². The molecule has 2 rings (SSSR count). The first-order valence-electron chi connectivity index (χ1n) is 5.71. The van der Waals surface area contributed by atoms with Crippen LogP contribution in [0.5, 0.6) is 6.01 Å². The standard InChI is InChI=1S/C12H13ClN4OS/c1-3-18-11-15-10(14-2)16-12(17-11)19-9-6-4-8(13)5-7-9/h4-7H,3H2,1-2H3,(H,14,15,16,17). The summed E-state index contributed by atoms with van der Waals surface area (Å²) in [5, 5.41) is 4.16. The van der Waals surface area contributed by atoms with E-state index >= 15 is 0 Å². The molecule has 1 N–H and O–H groups in total. The largest absolute Gasteiger partial charge is 0.464 e. The smallest absolute Gasteiger partial charge is 0.322 e. The molecule has 0 aliphatic rings. The number of hydrogen-bond acceptors (Lipinski definition) is 6. The van der Waals surface area contributed by atoms with Gasteiger partial charge in [-0.25, -0.2) is 0 Å². The Balaban J connectivity index is 2.23. The third-order valence-corrected chi connectivity index (χ3v) is 3.24. The van der Waals surface area contributed by atoms with E-state index in [1.807, 2.05) is 31.2 Å². The lowest BCUT2D eigenvalue weighted by Crippen LogP contribution is -2.04. The number of anilines is 1. The fourth-order valence-electron chi connectivity index (χ4n) is 1.30. The van der Waals surface area contributed by atoms with Crippen LogP contribution in [0, 0.1) is 0 Å². The van der Waals surface area contributed by atoms with E-state index in [2.05, 4.69) is 20.3 Å². The summed E-state index contributed by atoms with van der Waals surface area (Å²) in [5.41, 5.74) is 0. The highest BCUT2D eigenvalue weighted by Gasteiger charge is 2.08. The van der Waals surface area contributed by atoms with Crippen molar-refractivity contribution >= 4 is 29.3 Å². The Bertz CT molecular complexity index is 550. The zero-order valence-electron chi connectivity index (χ0n) is 10.6. The van der Waals surface area contributed by atoms with Gasteiger partial charge < -0.3 is 10.1 Å². The SMILES string of the molecule is CCOc1nc(NC)nc(Sc2ccc(Cl)cc2)n1. The van der Waals surface area contributed by atoms with Crippen LogP contribution in [0.3, 0.4) is 0 Å². The molecule has 0 aliphatic carbocycles. The number of hydrogen-bond donors (Lipinski definition) is 1. The van der Waals surface area contributed by atoms with Crippen LogP contribution in [0.2, 0.25) is 5.02 Å². The predicted molar refractivity (Wildman–Crippen MR) is 76.1 cm³/mol. The minimum atomic E-state index is 0.318. The summed E-state index contributed by atoms with van der Waals surface area (Å²) in [6, 6.07) is 7.80.